The van der Waals surface area contributed by atoms with Gasteiger partial charge in [0.25, 0.3) is 0 Å². The molecule has 0 aliphatic heterocycles. The molecular formula is C5H12O3. The highest BCUT2D eigenvalue weighted by molar-refractivity contribution is 4.42. The Bertz CT molecular complexity index is 46.9. The summed E-state index contributed by atoms with van der Waals surface area (Å²) in [6, 6.07) is 0. The highest BCUT2D eigenvalue weighted by atomic mass is 16.5. The van der Waals surface area contributed by atoms with Crippen LogP contribution in [0.5, 0.6) is 0 Å². The van der Waals surface area contributed by atoms with Gasteiger partial charge < -0.3 is 14.9 Å². The second kappa shape index (κ2) is 5.03. The van der Waals surface area contributed by atoms with Gasteiger partial charge in [0.1, 0.15) is 0 Å². The van der Waals surface area contributed by atoms with Gasteiger partial charge >= 0.3 is 0 Å². The largest absolute Gasteiger partial charge is 0.394 e. The van der Waals surface area contributed by atoms with Crippen LogP contribution in [0.4, 0.5) is 0 Å². The molecule has 0 spiro atoms. The fraction of sp³-hybridized carbons (Fsp3) is 1.00. The van der Waals surface area contributed by atoms with Crippen molar-refractivity contribution in [3.05, 3.63) is 0 Å². The number of hydrogen-bond acceptors (Lipinski definition) is 3. The number of hydrogen-bond donors (Lipinski definition) is 2. The lowest BCUT2D eigenvalue weighted by Gasteiger charge is -2.06. The molecule has 0 radical (unpaired) electrons. The van der Waals surface area contributed by atoms with Crippen LogP contribution >= 0.6 is 0 Å². The smallest absolute Gasteiger partial charge is 0.0778 e. The van der Waals surface area contributed by atoms with Gasteiger partial charge in [0.05, 0.1) is 25.9 Å². The van der Waals surface area contributed by atoms with E-state index in [0.29, 0.717) is 6.61 Å². The second-order valence-electron chi connectivity index (χ2n) is 1.59. The summed E-state index contributed by atoms with van der Waals surface area (Å²) in [7, 11) is 0. The minimum absolute atomic E-state index is 0.0139. The molecule has 0 aromatic heterocycles. The molecule has 0 aromatic rings. The van der Waals surface area contributed by atoms with E-state index in [4.69, 9.17) is 14.9 Å². The third-order valence-electron chi connectivity index (χ3n) is 0.751. The first-order valence-electron chi connectivity index (χ1n) is 2.64. The van der Waals surface area contributed by atoms with Crippen LogP contribution < -0.4 is 0 Å². The minimum Gasteiger partial charge on any atom is -0.394 e. The van der Waals surface area contributed by atoms with Crippen molar-refractivity contribution < 1.29 is 14.9 Å². The topological polar surface area (TPSA) is 49.7 Å². The van der Waals surface area contributed by atoms with Gasteiger partial charge in [0.15, 0.2) is 0 Å². The minimum atomic E-state index is -0.151. The van der Waals surface area contributed by atoms with Gasteiger partial charge in [-0.1, -0.05) is 0 Å². The fourth-order valence-corrected chi connectivity index (χ4v) is 0.307. The van der Waals surface area contributed by atoms with Crippen LogP contribution in [0.25, 0.3) is 0 Å². The maximum atomic E-state index is 8.35. The average molecular weight is 120 g/mol. The highest BCUT2D eigenvalue weighted by Gasteiger charge is 1.95. The van der Waals surface area contributed by atoms with E-state index in [9.17, 15) is 0 Å². The average Bonchev–Trinajstić information content (AvgIpc) is 1.83. The van der Waals surface area contributed by atoms with E-state index in [-0.39, 0.29) is 19.3 Å². The van der Waals surface area contributed by atoms with E-state index in [1.54, 1.807) is 6.92 Å². The van der Waals surface area contributed by atoms with Crippen LogP contribution in [0.2, 0.25) is 0 Å². The molecule has 0 bridgehead atoms. The summed E-state index contributed by atoms with van der Waals surface area (Å²) in [6.07, 6.45) is -0.151. The van der Waals surface area contributed by atoms with Gasteiger partial charge in [-0.2, -0.15) is 0 Å². The zero-order valence-corrected chi connectivity index (χ0v) is 5.00. The summed E-state index contributed by atoms with van der Waals surface area (Å²) in [6.45, 7) is 2.09. The maximum absolute atomic E-state index is 8.35. The summed E-state index contributed by atoms with van der Waals surface area (Å²) in [4.78, 5) is 0. The van der Waals surface area contributed by atoms with Gasteiger partial charge in [0, 0.05) is 0 Å². The number of ether oxygens (including phenoxy) is 1. The summed E-state index contributed by atoms with van der Waals surface area (Å²) in [5, 5.41) is 16.6. The molecule has 0 fully saturated rings. The van der Waals surface area contributed by atoms with Gasteiger partial charge in [-0.05, 0) is 6.92 Å². The Morgan fingerprint density at radius 1 is 1.50 bits per heavy atom. The van der Waals surface area contributed by atoms with Crippen molar-refractivity contribution in [1.29, 1.82) is 0 Å². The molecule has 0 rings (SSSR count). The van der Waals surface area contributed by atoms with Crippen molar-refractivity contribution in [3.63, 3.8) is 0 Å². The molecule has 0 saturated heterocycles. The van der Waals surface area contributed by atoms with Crippen LogP contribution in [0.3, 0.4) is 0 Å². The second-order valence-corrected chi connectivity index (χ2v) is 1.59. The fourth-order valence-electron chi connectivity index (χ4n) is 0.307. The first-order chi connectivity index (χ1) is 3.81. The standard InChI is InChI=1S/C5H12O3/c1-5(4-7)8-3-2-6/h5-7H,2-4H2,1H3/t5-/m1/s1. The van der Waals surface area contributed by atoms with Crippen LogP contribution in [-0.2, 0) is 4.74 Å². The Morgan fingerprint density at radius 2 is 2.12 bits per heavy atom. The van der Waals surface area contributed by atoms with E-state index < -0.39 is 0 Å². The van der Waals surface area contributed by atoms with Gasteiger partial charge in [-0.3, -0.25) is 0 Å². The van der Waals surface area contributed by atoms with Crippen molar-refractivity contribution in [1.82, 2.24) is 0 Å². The van der Waals surface area contributed by atoms with E-state index in [2.05, 4.69) is 0 Å². The van der Waals surface area contributed by atoms with Crippen molar-refractivity contribution in [3.8, 4) is 0 Å². The normalized spacial score (nSPS) is 13.9. The molecule has 8 heavy (non-hydrogen) atoms. The molecule has 0 aromatic carbocycles. The van der Waals surface area contributed by atoms with Crippen molar-refractivity contribution in [2.24, 2.45) is 0 Å². The van der Waals surface area contributed by atoms with E-state index in [1.165, 1.54) is 0 Å². The lowest BCUT2D eigenvalue weighted by molar-refractivity contribution is 0.00729. The summed E-state index contributed by atoms with van der Waals surface area (Å²) in [5.41, 5.74) is 0. The Hall–Kier alpha value is -0.120. The zero-order valence-electron chi connectivity index (χ0n) is 5.00. The maximum Gasteiger partial charge on any atom is 0.0778 e. The van der Waals surface area contributed by atoms with E-state index >= 15 is 0 Å². The lowest BCUT2D eigenvalue weighted by Crippen LogP contribution is -2.14. The van der Waals surface area contributed by atoms with Gasteiger partial charge in [-0.15, -0.1) is 0 Å². The van der Waals surface area contributed by atoms with Crippen molar-refractivity contribution in [2.45, 2.75) is 13.0 Å². The summed E-state index contributed by atoms with van der Waals surface area (Å²) >= 11 is 0. The predicted octanol–water partition coefficient (Wildman–Crippen LogP) is -0.624. The van der Waals surface area contributed by atoms with Crippen LogP contribution in [0, 0.1) is 0 Å². The van der Waals surface area contributed by atoms with Gasteiger partial charge in [-0.25, -0.2) is 0 Å². The quantitative estimate of drug-likeness (QED) is 0.519. The molecule has 0 aliphatic rings. The molecule has 0 heterocycles. The third-order valence-corrected chi connectivity index (χ3v) is 0.751. The molecule has 0 saturated carbocycles. The molecule has 0 amide bonds. The number of aliphatic hydroxyl groups is 2. The van der Waals surface area contributed by atoms with E-state index in [1.807, 2.05) is 0 Å². The number of aliphatic hydroxyl groups excluding tert-OH is 2. The predicted molar refractivity (Wildman–Crippen MR) is 29.6 cm³/mol. The molecular weight excluding hydrogens is 108 g/mol. The molecule has 0 aliphatic carbocycles. The molecule has 50 valence electrons. The Kier molecular flexibility index (Phi) is 4.95. The van der Waals surface area contributed by atoms with Crippen molar-refractivity contribution in [2.75, 3.05) is 19.8 Å². The van der Waals surface area contributed by atoms with E-state index in [0.717, 1.165) is 0 Å². The van der Waals surface area contributed by atoms with Crippen molar-refractivity contribution >= 4 is 0 Å². The highest BCUT2D eigenvalue weighted by Crippen LogP contribution is 1.85. The third kappa shape index (κ3) is 4.05. The molecule has 2 N–H and O–H groups in total. The summed E-state index contributed by atoms with van der Waals surface area (Å²) < 4.78 is 4.84. The Morgan fingerprint density at radius 3 is 2.50 bits per heavy atom. The SMILES string of the molecule is C[C@H](CO)OCCO. The monoisotopic (exact) mass is 120 g/mol. The number of rotatable bonds is 4. The molecule has 1 atom stereocenters. The van der Waals surface area contributed by atoms with Crippen LogP contribution in [0.15, 0.2) is 0 Å². The Labute approximate surface area is 48.9 Å². The molecule has 0 unspecified atom stereocenters. The van der Waals surface area contributed by atoms with Crippen LogP contribution in [-0.4, -0.2) is 36.1 Å². The molecule has 3 nitrogen and oxygen atoms in total. The first kappa shape index (κ1) is 7.88. The first-order valence-corrected chi connectivity index (χ1v) is 2.64. The summed E-state index contributed by atoms with van der Waals surface area (Å²) in [5.74, 6) is 0. The van der Waals surface area contributed by atoms with Gasteiger partial charge in [0.2, 0.25) is 0 Å². The zero-order chi connectivity index (χ0) is 6.41. The Balaban J connectivity index is 2.86. The molecule has 3 heteroatoms. The lowest BCUT2D eigenvalue weighted by atomic mass is 10.4. The van der Waals surface area contributed by atoms with Crippen LogP contribution in [0.1, 0.15) is 6.92 Å².